The molecule has 0 saturated carbocycles. The van der Waals surface area contributed by atoms with Gasteiger partial charge in [-0.1, -0.05) is 0 Å². The minimum Gasteiger partial charge on any atom is -0.454 e. The Hall–Kier alpha value is -2.16. The Morgan fingerprint density at radius 2 is 2.22 bits per heavy atom. The van der Waals surface area contributed by atoms with Crippen LogP contribution in [0, 0.1) is 0 Å². The number of amides is 1. The third-order valence-electron chi connectivity index (χ3n) is 3.08. The smallest absolute Gasteiger partial charge is 0.252 e. The van der Waals surface area contributed by atoms with Crippen LogP contribution in [0.2, 0.25) is 0 Å². The number of rotatable bonds is 7. The first-order valence-electron chi connectivity index (χ1n) is 6.98. The van der Waals surface area contributed by atoms with Gasteiger partial charge in [0.15, 0.2) is 16.6 Å². The van der Waals surface area contributed by atoms with Gasteiger partial charge in [-0.15, -0.1) is 11.3 Å². The molecule has 0 saturated heterocycles. The van der Waals surface area contributed by atoms with Gasteiger partial charge in [-0.25, -0.2) is 4.98 Å². The normalized spacial score (nSPS) is 12.4. The maximum Gasteiger partial charge on any atom is 0.252 e. The summed E-state index contributed by atoms with van der Waals surface area (Å²) in [6, 6.07) is 5.62. The number of carbonyl (C=O) groups is 1. The summed E-state index contributed by atoms with van der Waals surface area (Å²) < 4.78 is 20.6. The lowest BCUT2D eigenvalue weighted by Crippen LogP contribution is -2.19. The van der Waals surface area contributed by atoms with Crippen molar-refractivity contribution in [2.75, 3.05) is 39.0 Å². The molecule has 1 amide bonds. The summed E-state index contributed by atoms with van der Waals surface area (Å²) in [6.45, 7) is 1.05. The molecule has 8 heteroatoms. The van der Waals surface area contributed by atoms with Crippen molar-refractivity contribution in [3.05, 3.63) is 23.6 Å². The number of fused-ring (bicyclic) bond motifs is 1. The standard InChI is InChI=1S/C15H16N2O5S/c1-19-4-5-20-7-14(18)17-15-16-11(8-23-15)10-2-3-12-13(6-10)22-9-21-12/h2-3,6,8H,4-5,7,9H2,1H3,(H,16,17,18). The van der Waals surface area contributed by atoms with Crippen LogP contribution in [0.25, 0.3) is 11.3 Å². The van der Waals surface area contributed by atoms with Crippen molar-refractivity contribution >= 4 is 22.4 Å². The molecule has 3 rings (SSSR count). The Morgan fingerprint density at radius 3 is 3.09 bits per heavy atom. The lowest BCUT2D eigenvalue weighted by molar-refractivity contribution is -0.121. The molecule has 1 aliphatic rings. The molecule has 1 N–H and O–H groups in total. The number of ether oxygens (including phenoxy) is 4. The first-order valence-corrected chi connectivity index (χ1v) is 7.86. The number of hydrogen-bond acceptors (Lipinski definition) is 7. The van der Waals surface area contributed by atoms with Crippen molar-refractivity contribution in [3.63, 3.8) is 0 Å². The average molecular weight is 336 g/mol. The molecule has 2 aromatic rings. The van der Waals surface area contributed by atoms with Gasteiger partial charge in [-0.2, -0.15) is 0 Å². The first-order chi connectivity index (χ1) is 11.3. The molecule has 0 bridgehead atoms. The Labute approximate surface area is 137 Å². The van der Waals surface area contributed by atoms with E-state index in [9.17, 15) is 4.79 Å². The quantitative estimate of drug-likeness (QED) is 0.781. The molecule has 1 aromatic heterocycles. The zero-order valence-electron chi connectivity index (χ0n) is 12.5. The van der Waals surface area contributed by atoms with Crippen molar-refractivity contribution in [3.8, 4) is 22.8 Å². The van der Waals surface area contributed by atoms with E-state index in [4.69, 9.17) is 18.9 Å². The van der Waals surface area contributed by atoms with Crippen molar-refractivity contribution < 1.29 is 23.7 Å². The van der Waals surface area contributed by atoms with Gasteiger partial charge in [0.25, 0.3) is 5.91 Å². The van der Waals surface area contributed by atoms with Crippen molar-refractivity contribution in [2.45, 2.75) is 0 Å². The average Bonchev–Trinajstić information content (AvgIpc) is 3.19. The number of hydrogen-bond donors (Lipinski definition) is 1. The Balaban J connectivity index is 1.58. The summed E-state index contributed by atoms with van der Waals surface area (Å²) >= 11 is 1.35. The summed E-state index contributed by atoms with van der Waals surface area (Å²) in [5.74, 6) is 1.19. The maximum absolute atomic E-state index is 11.7. The minimum atomic E-state index is -0.243. The van der Waals surface area contributed by atoms with Crippen LogP contribution in [-0.2, 0) is 14.3 Å². The van der Waals surface area contributed by atoms with E-state index < -0.39 is 0 Å². The number of carbonyl (C=O) groups excluding carboxylic acids is 1. The Bertz CT molecular complexity index is 688. The fourth-order valence-corrected chi connectivity index (χ4v) is 2.72. The molecule has 0 atom stereocenters. The monoisotopic (exact) mass is 336 g/mol. The summed E-state index contributed by atoms with van der Waals surface area (Å²) in [5.41, 5.74) is 1.67. The summed E-state index contributed by atoms with van der Waals surface area (Å²) in [4.78, 5) is 16.1. The van der Waals surface area contributed by atoms with E-state index >= 15 is 0 Å². The summed E-state index contributed by atoms with van der Waals surface area (Å²) in [7, 11) is 1.58. The van der Waals surface area contributed by atoms with E-state index in [1.807, 2.05) is 23.6 Å². The molecule has 23 heavy (non-hydrogen) atoms. The van der Waals surface area contributed by atoms with Crippen LogP contribution in [0.15, 0.2) is 23.6 Å². The largest absolute Gasteiger partial charge is 0.454 e. The van der Waals surface area contributed by atoms with E-state index in [1.165, 1.54) is 11.3 Å². The highest BCUT2D eigenvalue weighted by Gasteiger charge is 2.15. The van der Waals surface area contributed by atoms with Crippen molar-refractivity contribution in [1.29, 1.82) is 0 Å². The number of nitrogens with one attached hydrogen (secondary N) is 1. The van der Waals surface area contributed by atoms with Gasteiger partial charge in [0, 0.05) is 18.1 Å². The van der Waals surface area contributed by atoms with Gasteiger partial charge in [0.2, 0.25) is 6.79 Å². The number of methoxy groups -OCH3 is 1. The van der Waals surface area contributed by atoms with Crippen LogP contribution in [0.4, 0.5) is 5.13 Å². The third kappa shape index (κ3) is 3.98. The summed E-state index contributed by atoms with van der Waals surface area (Å²) in [5, 5.41) is 5.11. The van der Waals surface area contributed by atoms with Crippen LogP contribution >= 0.6 is 11.3 Å². The van der Waals surface area contributed by atoms with Crippen LogP contribution in [0.3, 0.4) is 0 Å². The predicted molar refractivity (Wildman–Crippen MR) is 85.0 cm³/mol. The van der Waals surface area contributed by atoms with E-state index in [2.05, 4.69) is 10.3 Å². The van der Waals surface area contributed by atoms with Gasteiger partial charge in [-0.05, 0) is 18.2 Å². The number of aromatic nitrogens is 1. The number of thiazole rings is 1. The molecule has 0 fully saturated rings. The van der Waals surface area contributed by atoms with E-state index in [0.29, 0.717) is 24.1 Å². The zero-order valence-corrected chi connectivity index (χ0v) is 13.4. The van der Waals surface area contributed by atoms with Gasteiger partial charge in [0.05, 0.1) is 18.9 Å². The molecule has 7 nitrogen and oxygen atoms in total. The number of nitrogens with zero attached hydrogens (tertiary/aromatic N) is 1. The lowest BCUT2D eigenvalue weighted by Gasteiger charge is -2.03. The van der Waals surface area contributed by atoms with Crippen LogP contribution < -0.4 is 14.8 Å². The Kier molecular flexibility index (Phi) is 5.06. The fraction of sp³-hybridized carbons (Fsp3) is 0.333. The molecule has 0 unspecified atom stereocenters. The van der Waals surface area contributed by atoms with Crippen molar-refractivity contribution in [2.24, 2.45) is 0 Å². The summed E-state index contributed by atoms with van der Waals surface area (Å²) in [6.07, 6.45) is 0. The first kappa shape index (κ1) is 15.7. The predicted octanol–water partition coefficient (Wildman–Crippen LogP) is 2.14. The highest BCUT2D eigenvalue weighted by atomic mass is 32.1. The highest BCUT2D eigenvalue weighted by molar-refractivity contribution is 7.14. The molecular formula is C15H16N2O5S. The van der Waals surface area contributed by atoms with Crippen LogP contribution in [-0.4, -0.2) is 44.6 Å². The van der Waals surface area contributed by atoms with E-state index in [1.54, 1.807) is 7.11 Å². The topological polar surface area (TPSA) is 78.9 Å². The molecule has 122 valence electrons. The van der Waals surface area contributed by atoms with Gasteiger partial charge >= 0.3 is 0 Å². The van der Waals surface area contributed by atoms with E-state index in [-0.39, 0.29) is 19.3 Å². The highest BCUT2D eigenvalue weighted by Crippen LogP contribution is 2.36. The molecule has 0 radical (unpaired) electrons. The molecular weight excluding hydrogens is 320 g/mol. The molecule has 2 heterocycles. The van der Waals surface area contributed by atoms with Gasteiger partial charge in [0.1, 0.15) is 6.61 Å². The van der Waals surface area contributed by atoms with Gasteiger partial charge < -0.3 is 18.9 Å². The molecule has 0 aliphatic carbocycles. The minimum absolute atomic E-state index is 0.0255. The number of anilines is 1. The van der Waals surface area contributed by atoms with Crippen LogP contribution in [0.5, 0.6) is 11.5 Å². The van der Waals surface area contributed by atoms with E-state index in [0.717, 1.165) is 17.0 Å². The second-order valence-electron chi connectivity index (χ2n) is 4.70. The molecule has 0 spiro atoms. The maximum atomic E-state index is 11.7. The SMILES string of the molecule is COCCOCC(=O)Nc1nc(-c2ccc3c(c2)OCO3)cs1. The second-order valence-corrected chi connectivity index (χ2v) is 5.56. The molecule has 1 aliphatic heterocycles. The lowest BCUT2D eigenvalue weighted by atomic mass is 10.1. The van der Waals surface area contributed by atoms with Gasteiger partial charge in [-0.3, -0.25) is 10.1 Å². The zero-order chi connectivity index (χ0) is 16.1. The Morgan fingerprint density at radius 1 is 1.35 bits per heavy atom. The molecule has 1 aromatic carbocycles. The van der Waals surface area contributed by atoms with Crippen molar-refractivity contribution in [1.82, 2.24) is 4.98 Å². The fourth-order valence-electron chi connectivity index (χ4n) is 1.98. The van der Waals surface area contributed by atoms with Crippen LogP contribution in [0.1, 0.15) is 0 Å². The second kappa shape index (κ2) is 7.40. The number of benzene rings is 1. The third-order valence-corrected chi connectivity index (χ3v) is 3.84.